The molecule has 5 rings (SSSR count). The summed E-state index contributed by atoms with van der Waals surface area (Å²) in [6.45, 7) is 0.254. The van der Waals surface area contributed by atoms with Crippen molar-refractivity contribution >= 4 is 11.6 Å². The van der Waals surface area contributed by atoms with E-state index in [1.165, 1.54) is 16.9 Å². The molecule has 1 amide bonds. The molecule has 0 saturated carbocycles. The number of tetrazole rings is 1. The molecule has 2 heterocycles. The Labute approximate surface area is 177 Å². The molecule has 31 heavy (non-hydrogen) atoms. The summed E-state index contributed by atoms with van der Waals surface area (Å²) in [6.07, 6.45) is 0. The summed E-state index contributed by atoms with van der Waals surface area (Å²) in [5.41, 5.74) is 2.30. The highest BCUT2D eigenvalue weighted by atomic mass is 19.1. The average molecular weight is 415 g/mol. The molecule has 0 unspecified atom stereocenters. The molecule has 0 radical (unpaired) electrons. The molecular formula is C23H18FN5O2. The Bertz CT molecular complexity index is 1210. The van der Waals surface area contributed by atoms with Crippen LogP contribution in [-0.4, -0.2) is 32.7 Å². The number of ether oxygens (including phenoxy) is 1. The number of aromatic nitrogens is 4. The van der Waals surface area contributed by atoms with E-state index >= 15 is 0 Å². The number of nitrogens with zero attached hydrogens (tertiary/aromatic N) is 5. The third-order valence-electron chi connectivity index (χ3n) is 5.12. The molecule has 7 nitrogen and oxygen atoms in total. The summed E-state index contributed by atoms with van der Waals surface area (Å²) in [7, 11) is 0. The Morgan fingerprint density at radius 1 is 1.00 bits per heavy atom. The molecule has 1 aliphatic rings. The molecule has 0 N–H and O–H groups in total. The standard InChI is InChI=1S/C23H18FN5O2/c24-18-12-10-17(11-13-18)23-25-27-28(26-23)14-22(30)29-19-8-4-5-9-21(19)31-15-20(29)16-6-2-1-3-7-16/h1-13,20H,14-15H2/t20-/m1/s1. The largest absolute Gasteiger partial charge is 0.489 e. The Morgan fingerprint density at radius 3 is 2.55 bits per heavy atom. The Balaban J connectivity index is 1.44. The zero-order valence-corrected chi connectivity index (χ0v) is 16.4. The molecule has 1 atom stereocenters. The number of hydrogen-bond donors (Lipinski definition) is 0. The van der Waals surface area contributed by atoms with Crippen molar-refractivity contribution in [2.75, 3.05) is 11.5 Å². The van der Waals surface area contributed by atoms with E-state index in [0.29, 0.717) is 29.4 Å². The van der Waals surface area contributed by atoms with Crippen LogP contribution in [0.2, 0.25) is 0 Å². The molecule has 1 aliphatic heterocycles. The highest BCUT2D eigenvalue weighted by Gasteiger charge is 2.33. The van der Waals surface area contributed by atoms with Crippen LogP contribution in [0.1, 0.15) is 11.6 Å². The van der Waals surface area contributed by atoms with E-state index in [4.69, 9.17) is 4.74 Å². The van der Waals surface area contributed by atoms with Gasteiger partial charge in [-0.15, -0.1) is 10.2 Å². The van der Waals surface area contributed by atoms with Crippen molar-refractivity contribution in [3.63, 3.8) is 0 Å². The number of carbonyl (C=O) groups is 1. The third-order valence-corrected chi connectivity index (χ3v) is 5.12. The predicted molar refractivity (Wildman–Crippen MR) is 112 cm³/mol. The van der Waals surface area contributed by atoms with Crippen LogP contribution in [0.15, 0.2) is 78.9 Å². The van der Waals surface area contributed by atoms with E-state index in [2.05, 4.69) is 15.4 Å². The molecule has 1 aromatic heterocycles. The lowest BCUT2D eigenvalue weighted by molar-refractivity contribution is -0.120. The van der Waals surface area contributed by atoms with Gasteiger partial charge in [-0.25, -0.2) is 4.39 Å². The number of rotatable bonds is 4. The molecule has 4 aromatic rings. The molecule has 0 fully saturated rings. The van der Waals surface area contributed by atoms with Crippen LogP contribution in [0.3, 0.4) is 0 Å². The van der Waals surface area contributed by atoms with Gasteiger partial charge >= 0.3 is 0 Å². The SMILES string of the molecule is O=C(Cn1nnc(-c2ccc(F)cc2)n1)N1c2ccccc2OC[C@@H]1c1ccccc1. The first kappa shape index (κ1) is 18.9. The summed E-state index contributed by atoms with van der Waals surface area (Å²) in [5.74, 6) is 0.452. The van der Waals surface area contributed by atoms with Crippen molar-refractivity contribution in [1.29, 1.82) is 0 Å². The first-order valence-electron chi connectivity index (χ1n) is 9.81. The fourth-order valence-corrected chi connectivity index (χ4v) is 3.64. The zero-order valence-electron chi connectivity index (χ0n) is 16.4. The minimum atomic E-state index is -0.343. The van der Waals surface area contributed by atoms with Crippen molar-refractivity contribution < 1.29 is 13.9 Å². The molecule has 0 bridgehead atoms. The highest BCUT2D eigenvalue weighted by molar-refractivity contribution is 5.96. The van der Waals surface area contributed by atoms with E-state index in [1.807, 2.05) is 54.6 Å². The van der Waals surface area contributed by atoms with Gasteiger partial charge in [-0.05, 0) is 47.2 Å². The normalized spacial score (nSPS) is 15.3. The van der Waals surface area contributed by atoms with E-state index in [-0.39, 0.29) is 24.3 Å². The monoisotopic (exact) mass is 415 g/mol. The predicted octanol–water partition coefficient (Wildman–Crippen LogP) is 3.65. The van der Waals surface area contributed by atoms with E-state index in [9.17, 15) is 9.18 Å². The van der Waals surface area contributed by atoms with Crippen molar-refractivity contribution in [1.82, 2.24) is 20.2 Å². The van der Waals surface area contributed by atoms with Crippen molar-refractivity contribution in [3.05, 3.63) is 90.2 Å². The van der Waals surface area contributed by atoms with Gasteiger partial charge in [-0.2, -0.15) is 4.80 Å². The molecule has 0 saturated heterocycles. The number of fused-ring (bicyclic) bond motifs is 1. The molecule has 0 spiro atoms. The van der Waals surface area contributed by atoms with Crippen LogP contribution < -0.4 is 9.64 Å². The molecule has 154 valence electrons. The van der Waals surface area contributed by atoms with Crippen LogP contribution in [0.5, 0.6) is 5.75 Å². The van der Waals surface area contributed by atoms with E-state index < -0.39 is 0 Å². The van der Waals surface area contributed by atoms with Gasteiger partial charge in [-0.1, -0.05) is 42.5 Å². The summed E-state index contributed by atoms with van der Waals surface area (Å²) >= 11 is 0. The lowest BCUT2D eigenvalue weighted by Gasteiger charge is -2.37. The quantitative estimate of drug-likeness (QED) is 0.509. The topological polar surface area (TPSA) is 73.1 Å². The number of hydrogen-bond acceptors (Lipinski definition) is 5. The highest BCUT2D eigenvalue weighted by Crippen LogP contribution is 2.39. The Morgan fingerprint density at radius 2 is 1.74 bits per heavy atom. The van der Waals surface area contributed by atoms with Crippen LogP contribution in [0.25, 0.3) is 11.4 Å². The number of anilines is 1. The summed E-state index contributed by atoms with van der Waals surface area (Å²) in [4.78, 5) is 16.4. The van der Waals surface area contributed by atoms with Gasteiger partial charge in [0.15, 0.2) is 0 Å². The van der Waals surface area contributed by atoms with Gasteiger partial charge in [0.1, 0.15) is 24.7 Å². The van der Waals surface area contributed by atoms with E-state index in [1.54, 1.807) is 17.0 Å². The number of halogens is 1. The van der Waals surface area contributed by atoms with Gasteiger partial charge in [0.05, 0.1) is 11.7 Å². The average Bonchev–Trinajstić information content (AvgIpc) is 3.27. The number of carbonyl (C=O) groups excluding carboxylic acids is 1. The maximum atomic E-state index is 13.4. The molecule has 3 aromatic carbocycles. The second kappa shape index (κ2) is 7.98. The van der Waals surface area contributed by atoms with Crippen LogP contribution in [-0.2, 0) is 11.3 Å². The third kappa shape index (κ3) is 3.75. The van der Waals surface area contributed by atoms with Crippen LogP contribution in [0, 0.1) is 5.82 Å². The number of para-hydroxylation sites is 2. The maximum Gasteiger partial charge on any atom is 0.251 e. The van der Waals surface area contributed by atoms with Gasteiger partial charge in [0.25, 0.3) is 5.91 Å². The Hall–Kier alpha value is -4.07. The van der Waals surface area contributed by atoms with Crippen molar-refractivity contribution in [2.24, 2.45) is 0 Å². The zero-order chi connectivity index (χ0) is 21.2. The van der Waals surface area contributed by atoms with Crippen LogP contribution >= 0.6 is 0 Å². The van der Waals surface area contributed by atoms with Crippen LogP contribution in [0.4, 0.5) is 10.1 Å². The summed E-state index contributed by atoms with van der Waals surface area (Å²) < 4.78 is 19.1. The van der Waals surface area contributed by atoms with Crippen molar-refractivity contribution in [2.45, 2.75) is 12.6 Å². The minimum absolute atomic E-state index is 0.0914. The van der Waals surface area contributed by atoms with Gasteiger partial charge in [0, 0.05) is 5.56 Å². The lowest BCUT2D eigenvalue weighted by Crippen LogP contribution is -2.43. The number of amides is 1. The second-order valence-corrected chi connectivity index (χ2v) is 7.12. The fourth-order valence-electron chi connectivity index (χ4n) is 3.64. The Kier molecular flexibility index (Phi) is 4.87. The molecule has 8 heteroatoms. The van der Waals surface area contributed by atoms with E-state index in [0.717, 1.165) is 5.56 Å². The van der Waals surface area contributed by atoms with Gasteiger partial charge in [-0.3, -0.25) is 9.69 Å². The van der Waals surface area contributed by atoms with Gasteiger partial charge in [0.2, 0.25) is 5.82 Å². The summed E-state index contributed by atoms with van der Waals surface area (Å²) in [5, 5.41) is 12.3. The first-order valence-corrected chi connectivity index (χ1v) is 9.81. The fraction of sp³-hybridized carbons (Fsp3) is 0.130. The molecule has 0 aliphatic carbocycles. The molecular weight excluding hydrogens is 397 g/mol. The maximum absolute atomic E-state index is 13.4. The lowest BCUT2D eigenvalue weighted by atomic mass is 10.0. The second-order valence-electron chi connectivity index (χ2n) is 7.12. The number of benzene rings is 3. The first-order chi connectivity index (χ1) is 15.2. The smallest absolute Gasteiger partial charge is 0.251 e. The van der Waals surface area contributed by atoms with Gasteiger partial charge < -0.3 is 4.74 Å². The van der Waals surface area contributed by atoms with Crippen molar-refractivity contribution in [3.8, 4) is 17.1 Å². The minimum Gasteiger partial charge on any atom is -0.489 e. The summed E-state index contributed by atoms with van der Waals surface area (Å²) in [6, 6.07) is 22.7.